The number of hydrogen-bond donors (Lipinski definition) is 0. The lowest BCUT2D eigenvalue weighted by molar-refractivity contribution is -0.117. The van der Waals surface area contributed by atoms with E-state index in [1.165, 1.54) is 14.0 Å². The van der Waals surface area contributed by atoms with Crippen molar-refractivity contribution in [1.29, 1.82) is 5.26 Å². The third-order valence-corrected chi connectivity index (χ3v) is 2.87. The average molecular weight is 247 g/mol. The molecule has 0 saturated carbocycles. The molecule has 96 valence electrons. The first-order chi connectivity index (χ1) is 8.46. The Bertz CT molecular complexity index is 490. The lowest BCUT2D eigenvalue weighted by Gasteiger charge is -2.21. The second-order valence-corrected chi connectivity index (χ2v) is 4.39. The Balaban J connectivity index is 3.23. The molecule has 4 nitrogen and oxygen atoms in total. The molecule has 0 aliphatic heterocycles. The first-order valence-electron chi connectivity index (χ1n) is 5.60. The summed E-state index contributed by atoms with van der Waals surface area (Å²) in [6, 6.07) is 7.46. The van der Waals surface area contributed by atoms with Gasteiger partial charge in [0.05, 0.1) is 25.7 Å². The van der Waals surface area contributed by atoms with Crippen molar-refractivity contribution in [3.05, 3.63) is 23.8 Å². The topological polar surface area (TPSA) is 59.3 Å². The van der Waals surface area contributed by atoms with Crippen LogP contribution in [-0.4, -0.2) is 20.0 Å². The van der Waals surface area contributed by atoms with Crippen molar-refractivity contribution in [2.75, 3.05) is 14.2 Å². The number of carbonyl (C=O) groups is 1. The highest BCUT2D eigenvalue weighted by atomic mass is 16.5. The van der Waals surface area contributed by atoms with E-state index in [1.54, 1.807) is 32.2 Å². The van der Waals surface area contributed by atoms with Gasteiger partial charge in [-0.2, -0.15) is 5.26 Å². The Morgan fingerprint density at radius 1 is 1.33 bits per heavy atom. The second-order valence-electron chi connectivity index (χ2n) is 4.39. The molecule has 1 unspecified atom stereocenters. The number of rotatable bonds is 5. The number of ketones is 1. The first kappa shape index (κ1) is 14.0. The van der Waals surface area contributed by atoms with Gasteiger partial charge in [-0.1, -0.05) is 6.07 Å². The summed E-state index contributed by atoms with van der Waals surface area (Å²) in [5.41, 5.74) is -0.0939. The van der Waals surface area contributed by atoms with Crippen LogP contribution in [-0.2, 0) is 10.2 Å². The lowest BCUT2D eigenvalue weighted by Crippen LogP contribution is -2.22. The number of ether oxygens (including phenoxy) is 2. The minimum atomic E-state index is -0.842. The minimum absolute atomic E-state index is 0.0196. The third kappa shape index (κ3) is 2.80. The number of Topliss-reactive ketones (excluding diaryl/α,β-unsaturated/α-hetero) is 1. The maximum Gasteiger partial charge on any atom is 0.161 e. The van der Waals surface area contributed by atoms with Gasteiger partial charge in [0.1, 0.15) is 5.78 Å². The smallest absolute Gasteiger partial charge is 0.161 e. The van der Waals surface area contributed by atoms with Crippen LogP contribution in [0.4, 0.5) is 0 Å². The van der Waals surface area contributed by atoms with Gasteiger partial charge in [0, 0.05) is 6.42 Å². The molecule has 0 N–H and O–H groups in total. The predicted molar refractivity (Wildman–Crippen MR) is 67.8 cm³/mol. The molecule has 0 amide bonds. The van der Waals surface area contributed by atoms with Crippen molar-refractivity contribution in [2.24, 2.45) is 0 Å². The van der Waals surface area contributed by atoms with Crippen molar-refractivity contribution in [2.45, 2.75) is 25.7 Å². The van der Waals surface area contributed by atoms with E-state index in [-0.39, 0.29) is 12.2 Å². The van der Waals surface area contributed by atoms with Crippen LogP contribution in [0.5, 0.6) is 11.5 Å². The van der Waals surface area contributed by atoms with E-state index in [9.17, 15) is 10.1 Å². The molecule has 1 rings (SSSR count). The van der Waals surface area contributed by atoms with Gasteiger partial charge in [0.2, 0.25) is 0 Å². The van der Waals surface area contributed by atoms with Gasteiger partial charge in [-0.05, 0) is 31.5 Å². The van der Waals surface area contributed by atoms with Crippen LogP contribution < -0.4 is 9.47 Å². The van der Waals surface area contributed by atoms with Crippen LogP contribution in [0.3, 0.4) is 0 Å². The number of benzene rings is 1. The molecule has 0 radical (unpaired) electrons. The Morgan fingerprint density at radius 3 is 2.39 bits per heavy atom. The fourth-order valence-corrected chi connectivity index (χ4v) is 1.88. The summed E-state index contributed by atoms with van der Waals surface area (Å²) < 4.78 is 10.3. The molecule has 0 bridgehead atoms. The first-order valence-corrected chi connectivity index (χ1v) is 5.60. The second kappa shape index (κ2) is 5.54. The molecule has 1 aromatic rings. The summed E-state index contributed by atoms with van der Waals surface area (Å²) in [6.45, 7) is 3.23. The van der Waals surface area contributed by atoms with Gasteiger partial charge in [-0.3, -0.25) is 4.79 Å². The lowest BCUT2D eigenvalue weighted by atomic mass is 9.79. The molecular formula is C14H17NO3. The van der Waals surface area contributed by atoms with Crippen molar-refractivity contribution in [3.63, 3.8) is 0 Å². The zero-order valence-electron chi connectivity index (χ0n) is 11.1. The molecule has 4 heteroatoms. The Kier molecular flexibility index (Phi) is 4.33. The van der Waals surface area contributed by atoms with E-state index in [1.807, 2.05) is 0 Å². The van der Waals surface area contributed by atoms with Gasteiger partial charge in [-0.25, -0.2) is 0 Å². The molecule has 18 heavy (non-hydrogen) atoms. The summed E-state index contributed by atoms with van der Waals surface area (Å²) in [5, 5.41) is 9.30. The summed E-state index contributed by atoms with van der Waals surface area (Å²) in [6.07, 6.45) is 0.180. The maximum absolute atomic E-state index is 11.3. The molecule has 0 heterocycles. The number of hydrogen-bond acceptors (Lipinski definition) is 4. The summed E-state index contributed by atoms with van der Waals surface area (Å²) in [5.74, 6) is 1.14. The molecule has 0 aromatic heterocycles. The van der Waals surface area contributed by atoms with Crippen molar-refractivity contribution >= 4 is 5.78 Å². The molecule has 1 aromatic carbocycles. The summed E-state index contributed by atoms with van der Waals surface area (Å²) in [7, 11) is 3.09. The third-order valence-electron chi connectivity index (χ3n) is 2.87. The van der Waals surface area contributed by atoms with Crippen molar-refractivity contribution in [1.82, 2.24) is 0 Å². The number of carbonyl (C=O) groups excluding carboxylic acids is 1. The molecule has 0 fully saturated rings. The molecule has 1 atom stereocenters. The van der Waals surface area contributed by atoms with E-state index < -0.39 is 5.41 Å². The molecule has 0 aliphatic rings. The summed E-state index contributed by atoms with van der Waals surface area (Å²) in [4.78, 5) is 11.3. The Hall–Kier alpha value is -2.02. The van der Waals surface area contributed by atoms with Crippen LogP contribution in [0.2, 0.25) is 0 Å². The molecule has 0 saturated heterocycles. The number of nitriles is 1. The summed E-state index contributed by atoms with van der Waals surface area (Å²) >= 11 is 0. The predicted octanol–water partition coefficient (Wildman–Crippen LogP) is 2.46. The van der Waals surface area contributed by atoms with Gasteiger partial charge in [0.15, 0.2) is 11.5 Å². The van der Waals surface area contributed by atoms with Gasteiger partial charge >= 0.3 is 0 Å². The van der Waals surface area contributed by atoms with Crippen LogP contribution in [0.15, 0.2) is 18.2 Å². The minimum Gasteiger partial charge on any atom is -0.493 e. The van der Waals surface area contributed by atoms with Crippen LogP contribution >= 0.6 is 0 Å². The van der Waals surface area contributed by atoms with Gasteiger partial charge < -0.3 is 9.47 Å². The van der Waals surface area contributed by atoms with E-state index in [2.05, 4.69) is 6.07 Å². The van der Waals surface area contributed by atoms with Crippen LogP contribution in [0.1, 0.15) is 25.8 Å². The Morgan fingerprint density at radius 2 is 1.94 bits per heavy atom. The maximum atomic E-state index is 11.3. The molecular weight excluding hydrogens is 230 g/mol. The number of nitrogens with zero attached hydrogens (tertiary/aromatic N) is 1. The van der Waals surface area contributed by atoms with E-state index in [0.29, 0.717) is 11.5 Å². The fraction of sp³-hybridized carbons (Fsp3) is 0.429. The normalized spacial score (nSPS) is 13.3. The largest absolute Gasteiger partial charge is 0.493 e. The standard InChI is InChI=1S/C14H17NO3/c1-10(16)8-14(2,9-15)11-5-6-12(17-3)13(7-11)18-4/h5-7H,8H2,1-4H3. The zero-order valence-corrected chi connectivity index (χ0v) is 11.1. The molecule has 0 aliphatic carbocycles. The highest BCUT2D eigenvalue weighted by Crippen LogP contribution is 2.34. The van der Waals surface area contributed by atoms with Gasteiger partial charge in [0.25, 0.3) is 0 Å². The van der Waals surface area contributed by atoms with E-state index in [4.69, 9.17) is 9.47 Å². The average Bonchev–Trinajstić information content (AvgIpc) is 2.36. The molecule has 0 spiro atoms. The monoisotopic (exact) mass is 247 g/mol. The van der Waals surface area contributed by atoms with E-state index >= 15 is 0 Å². The SMILES string of the molecule is COc1ccc(C(C)(C#N)CC(C)=O)cc1OC. The van der Waals surface area contributed by atoms with E-state index in [0.717, 1.165) is 5.56 Å². The van der Waals surface area contributed by atoms with Crippen molar-refractivity contribution in [3.8, 4) is 17.6 Å². The Labute approximate surface area is 107 Å². The quantitative estimate of drug-likeness (QED) is 0.802. The van der Waals surface area contributed by atoms with Crippen LogP contribution in [0, 0.1) is 11.3 Å². The van der Waals surface area contributed by atoms with Crippen LogP contribution in [0.25, 0.3) is 0 Å². The highest BCUT2D eigenvalue weighted by Gasteiger charge is 2.29. The zero-order chi connectivity index (χ0) is 13.8. The fourth-order valence-electron chi connectivity index (χ4n) is 1.88. The van der Waals surface area contributed by atoms with Crippen molar-refractivity contribution < 1.29 is 14.3 Å². The van der Waals surface area contributed by atoms with Gasteiger partial charge in [-0.15, -0.1) is 0 Å². The highest BCUT2D eigenvalue weighted by molar-refractivity contribution is 5.78. The number of methoxy groups -OCH3 is 2.